The van der Waals surface area contributed by atoms with Gasteiger partial charge in [-0.15, -0.1) is 10.2 Å². The van der Waals surface area contributed by atoms with E-state index in [1.807, 2.05) is 11.8 Å². The van der Waals surface area contributed by atoms with E-state index < -0.39 is 0 Å². The molecule has 4 rings (SSSR count). The molecule has 3 aliphatic rings. The van der Waals surface area contributed by atoms with Crippen molar-refractivity contribution in [1.29, 1.82) is 0 Å². The number of fused-ring (bicyclic) bond motifs is 1. The number of hydrogen-bond acceptors (Lipinski definition) is 5. The first-order valence-corrected chi connectivity index (χ1v) is 8.16. The first kappa shape index (κ1) is 14.1. The Labute approximate surface area is 130 Å². The maximum Gasteiger partial charge on any atom is 0.252 e. The predicted molar refractivity (Wildman–Crippen MR) is 79.1 cm³/mol. The van der Waals surface area contributed by atoms with E-state index in [1.54, 1.807) is 0 Å². The zero-order valence-electron chi connectivity index (χ0n) is 13.2. The van der Waals surface area contributed by atoms with Crippen molar-refractivity contribution in [3.8, 4) is 0 Å². The van der Waals surface area contributed by atoms with Crippen LogP contribution >= 0.6 is 0 Å². The lowest BCUT2D eigenvalue weighted by Gasteiger charge is -2.47. The van der Waals surface area contributed by atoms with E-state index in [2.05, 4.69) is 26.6 Å². The third-order valence-electron chi connectivity index (χ3n) is 5.29. The molecular weight excluding hydrogens is 282 g/mol. The van der Waals surface area contributed by atoms with Crippen molar-refractivity contribution >= 4 is 5.91 Å². The Bertz CT molecular complexity index is 580. The normalized spacial score (nSPS) is 29.5. The number of rotatable bonds is 2. The molecule has 7 heteroatoms. The van der Waals surface area contributed by atoms with Crippen LogP contribution in [0.4, 0.5) is 0 Å². The van der Waals surface area contributed by atoms with E-state index in [0.29, 0.717) is 12.0 Å². The van der Waals surface area contributed by atoms with E-state index in [-0.39, 0.29) is 12.0 Å². The number of carbonyl (C=O) groups is 1. The molecule has 0 aromatic carbocycles. The van der Waals surface area contributed by atoms with Crippen LogP contribution in [0, 0.1) is 12.8 Å². The number of carbonyl (C=O) groups excluding carboxylic acids is 1. The molecular formula is C15H23N5O2. The van der Waals surface area contributed by atoms with Crippen molar-refractivity contribution in [2.75, 3.05) is 26.2 Å². The van der Waals surface area contributed by atoms with Crippen LogP contribution in [0.5, 0.6) is 0 Å². The SMILES string of the molecule is Cc1nnc2n1CCN(C1CN(C(=O)[C@@H]3OCC[C@@H]3C)C1)C2. The second-order valence-electron chi connectivity index (χ2n) is 6.74. The molecule has 0 radical (unpaired) electrons. The summed E-state index contributed by atoms with van der Waals surface area (Å²) >= 11 is 0. The fourth-order valence-electron chi connectivity index (χ4n) is 3.69. The van der Waals surface area contributed by atoms with Crippen LogP contribution in [0.1, 0.15) is 25.0 Å². The molecule has 2 fully saturated rings. The molecule has 120 valence electrons. The lowest BCUT2D eigenvalue weighted by Crippen LogP contribution is -2.63. The average molecular weight is 305 g/mol. The Hall–Kier alpha value is -1.47. The van der Waals surface area contributed by atoms with E-state index in [4.69, 9.17) is 4.74 Å². The molecule has 1 amide bonds. The molecule has 0 bridgehead atoms. The van der Waals surface area contributed by atoms with Gasteiger partial charge in [-0.1, -0.05) is 6.92 Å². The zero-order chi connectivity index (χ0) is 15.3. The average Bonchev–Trinajstić information content (AvgIpc) is 3.04. The Morgan fingerprint density at radius 1 is 1.27 bits per heavy atom. The number of hydrogen-bond donors (Lipinski definition) is 0. The standard InChI is InChI=1S/C15H23N5O2/c1-10-3-6-22-14(10)15(21)19-7-12(8-19)18-4-5-20-11(2)16-17-13(20)9-18/h10,12,14H,3-9H2,1-2H3/t10-,14+/m0/s1. The van der Waals surface area contributed by atoms with Crippen molar-refractivity contribution in [3.05, 3.63) is 11.6 Å². The number of nitrogens with zero attached hydrogens (tertiary/aromatic N) is 5. The fourth-order valence-corrected chi connectivity index (χ4v) is 3.69. The molecule has 4 heterocycles. The Balaban J connectivity index is 1.33. The third-order valence-corrected chi connectivity index (χ3v) is 5.29. The monoisotopic (exact) mass is 305 g/mol. The molecule has 0 N–H and O–H groups in total. The maximum atomic E-state index is 12.4. The highest BCUT2D eigenvalue weighted by molar-refractivity contribution is 5.82. The number of amides is 1. The lowest BCUT2D eigenvalue weighted by molar-refractivity contribution is -0.150. The number of aryl methyl sites for hydroxylation is 1. The van der Waals surface area contributed by atoms with Crippen molar-refractivity contribution < 1.29 is 9.53 Å². The predicted octanol–water partition coefficient (Wildman–Crippen LogP) is 0.0379. The number of aromatic nitrogens is 3. The van der Waals surface area contributed by atoms with Gasteiger partial charge in [0.15, 0.2) is 0 Å². The Kier molecular flexibility index (Phi) is 3.41. The van der Waals surface area contributed by atoms with Gasteiger partial charge in [0.2, 0.25) is 0 Å². The summed E-state index contributed by atoms with van der Waals surface area (Å²) in [6.45, 7) is 9.25. The van der Waals surface area contributed by atoms with Gasteiger partial charge in [0.1, 0.15) is 17.8 Å². The van der Waals surface area contributed by atoms with Gasteiger partial charge in [-0.3, -0.25) is 9.69 Å². The highest BCUT2D eigenvalue weighted by atomic mass is 16.5. The van der Waals surface area contributed by atoms with Crippen molar-refractivity contribution in [2.45, 2.75) is 45.5 Å². The van der Waals surface area contributed by atoms with E-state index in [1.165, 1.54) is 0 Å². The van der Waals surface area contributed by atoms with Crippen molar-refractivity contribution in [1.82, 2.24) is 24.6 Å². The van der Waals surface area contributed by atoms with Crippen LogP contribution in [0.2, 0.25) is 0 Å². The lowest BCUT2D eigenvalue weighted by atomic mass is 9.99. The summed E-state index contributed by atoms with van der Waals surface area (Å²) in [5.74, 6) is 2.56. The molecule has 2 atom stereocenters. The first-order valence-electron chi connectivity index (χ1n) is 8.16. The maximum absolute atomic E-state index is 12.4. The molecule has 0 saturated carbocycles. The summed E-state index contributed by atoms with van der Waals surface area (Å²) in [6, 6.07) is 0.450. The van der Waals surface area contributed by atoms with Gasteiger partial charge in [-0.2, -0.15) is 0 Å². The fraction of sp³-hybridized carbons (Fsp3) is 0.800. The van der Waals surface area contributed by atoms with Crippen molar-refractivity contribution in [2.24, 2.45) is 5.92 Å². The molecule has 22 heavy (non-hydrogen) atoms. The summed E-state index contributed by atoms with van der Waals surface area (Å²) in [6.07, 6.45) is 0.780. The third kappa shape index (κ3) is 2.23. The molecule has 1 aromatic heterocycles. The summed E-state index contributed by atoms with van der Waals surface area (Å²) in [7, 11) is 0. The second-order valence-corrected chi connectivity index (χ2v) is 6.74. The summed E-state index contributed by atoms with van der Waals surface area (Å²) in [5.41, 5.74) is 0. The molecule has 0 spiro atoms. The minimum Gasteiger partial charge on any atom is -0.368 e. The van der Waals surface area contributed by atoms with Gasteiger partial charge in [0.05, 0.1) is 6.54 Å². The molecule has 3 aliphatic heterocycles. The highest BCUT2D eigenvalue weighted by Crippen LogP contribution is 2.26. The van der Waals surface area contributed by atoms with E-state index in [0.717, 1.165) is 57.4 Å². The first-order chi connectivity index (χ1) is 10.6. The van der Waals surface area contributed by atoms with Crippen LogP contribution < -0.4 is 0 Å². The summed E-state index contributed by atoms with van der Waals surface area (Å²) < 4.78 is 7.77. The van der Waals surface area contributed by atoms with Gasteiger partial charge in [-0.25, -0.2) is 0 Å². The summed E-state index contributed by atoms with van der Waals surface area (Å²) in [5, 5.41) is 8.39. The summed E-state index contributed by atoms with van der Waals surface area (Å²) in [4.78, 5) is 16.8. The van der Waals surface area contributed by atoms with Crippen LogP contribution in [-0.2, 0) is 22.6 Å². The smallest absolute Gasteiger partial charge is 0.252 e. The number of ether oxygens (including phenoxy) is 1. The number of likely N-dealkylation sites (tertiary alicyclic amines) is 1. The Morgan fingerprint density at radius 3 is 2.82 bits per heavy atom. The molecule has 2 saturated heterocycles. The van der Waals surface area contributed by atoms with Gasteiger partial charge < -0.3 is 14.2 Å². The van der Waals surface area contributed by atoms with Crippen LogP contribution in [0.25, 0.3) is 0 Å². The molecule has 0 aliphatic carbocycles. The van der Waals surface area contributed by atoms with E-state index >= 15 is 0 Å². The Morgan fingerprint density at radius 2 is 2.09 bits per heavy atom. The molecule has 7 nitrogen and oxygen atoms in total. The van der Waals surface area contributed by atoms with Crippen LogP contribution in [-0.4, -0.2) is 68.9 Å². The highest BCUT2D eigenvalue weighted by Gasteiger charge is 2.41. The minimum atomic E-state index is -0.215. The second kappa shape index (κ2) is 5.31. The zero-order valence-corrected chi connectivity index (χ0v) is 13.2. The van der Waals surface area contributed by atoms with Gasteiger partial charge in [-0.05, 0) is 19.3 Å². The largest absolute Gasteiger partial charge is 0.368 e. The quantitative estimate of drug-likeness (QED) is 0.772. The van der Waals surface area contributed by atoms with Gasteiger partial charge in [0, 0.05) is 38.8 Å². The van der Waals surface area contributed by atoms with Gasteiger partial charge >= 0.3 is 0 Å². The molecule has 0 unspecified atom stereocenters. The minimum absolute atomic E-state index is 0.178. The van der Waals surface area contributed by atoms with Crippen LogP contribution in [0.15, 0.2) is 0 Å². The van der Waals surface area contributed by atoms with Gasteiger partial charge in [0.25, 0.3) is 5.91 Å². The van der Waals surface area contributed by atoms with Crippen LogP contribution in [0.3, 0.4) is 0 Å². The van der Waals surface area contributed by atoms with E-state index in [9.17, 15) is 4.79 Å². The topological polar surface area (TPSA) is 63.5 Å². The molecule has 1 aromatic rings. The van der Waals surface area contributed by atoms with Crippen molar-refractivity contribution in [3.63, 3.8) is 0 Å².